The van der Waals surface area contributed by atoms with E-state index in [-0.39, 0.29) is 23.3 Å². The zero-order valence-corrected chi connectivity index (χ0v) is 16.0. The lowest BCUT2D eigenvalue weighted by atomic mass is 9.99. The fourth-order valence-corrected chi connectivity index (χ4v) is 4.63. The molecule has 8 heteroatoms. The number of methoxy groups -OCH3 is 1. The number of amides is 1. The van der Waals surface area contributed by atoms with E-state index >= 15 is 0 Å². The second-order valence-electron chi connectivity index (χ2n) is 6.46. The van der Waals surface area contributed by atoms with Crippen molar-refractivity contribution in [3.05, 3.63) is 54.4 Å². The smallest absolute Gasteiger partial charge is 0.243 e. The van der Waals surface area contributed by atoms with Crippen LogP contribution in [0.1, 0.15) is 18.4 Å². The molecule has 1 N–H and O–H groups in total. The monoisotopic (exact) mass is 389 g/mol. The van der Waals surface area contributed by atoms with E-state index < -0.39 is 10.0 Å². The molecule has 27 heavy (non-hydrogen) atoms. The first-order chi connectivity index (χ1) is 13.0. The fourth-order valence-electron chi connectivity index (χ4n) is 3.11. The van der Waals surface area contributed by atoms with Crippen molar-refractivity contribution in [3.8, 4) is 5.75 Å². The van der Waals surface area contributed by atoms with E-state index in [2.05, 4.69) is 10.3 Å². The van der Waals surface area contributed by atoms with Gasteiger partial charge in [-0.05, 0) is 48.7 Å². The molecule has 1 fully saturated rings. The van der Waals surface area contributed by atoms with Gasteiger partial charge in [-0.1, -0.05) is 6.07 Å². The Balaban J connectivity index is 1.64. The molecule has 2 heterocycles. The van der Waals surface area contributed by atoms with Crippen LogP contribution in [0.15, 0.2) is 53.7 Å². The van der Waals surface area contributed by atoms with E-state index in [1.807, 2.05) is 12.1 Å². The van der Waals surface area contributed by atoms with Crippen LogP contribution in [0.2, 0.25) is 0 Å². The van der Waals surface area contributed by atoms with Crippen LogP contribution in [0.25, 0.3) is 0 Å². The number of aromatic nitrogens is 1. The van der Waals surface area contributed by atoms with Crippen molar-refractivity contribution >= 4 is 15.9 Å². The molecule has 1 aromatic heterocycles. The summed E-state index contributed by atoms with van der Waals surface area (Å²) in [6.45, 7) is 0.988. The number of ether oxygens (including phenoxy) is 1. The maximum atomic E-state index is 12.9. The van der Waals surface area contributed by atoms with Gasteiger partial charge in [0, 0.05) is 32.0 Å². The van der Waals surface area contributed by atoms with E-state index in [0.717, 1.165) is 5.56 Å². The van der Waals surface area contributed by atoms with Crippen LogP contribution in [0.5, 0.6) is 5.75 Å². The highest BCUT2D eigenvalue weighted by Gasteiger charge is 2.33. The van der Waals surface area contributed by atoms with Crippen molar-refractivity contribution in [2.45, 2.75) is 24.3 Å². The zero-order valence-electron chi connectivity index (χ0n) is 15.2. The van der Waals surface area contributed by atoms with Gasteiger partial charge in [0.15, 0.2) is 0 Å². The molecule has 3 rings (SSSR count). The molecule has 0 saturated carbocycles. The van der Waals surface area contributed by atoms with E-state index in [9.17, 15) is 13.2 Å². The largest absolute Gasteiger partial charge is 0.497 e. The normalized spacial score (nSPS) is 18.0. The first-order valence-electron chi connectivity index (χ1n) is 8.81. The Kier molecular flexibility index (Phi) is 6.08. The highest BCUT2D eigenvalue weighted by atomic mass is 32.2. The van der Waals surface area contributed by atoms with E-state index in [1.54, 1.807) is 24.5 Å². The summed E-state index contributed by atoms with van der Waals surface area (Å²) in [4.78, 5) is 16.7. The summed E-state index contributed by atoms with van der Waals surface area (Å²) in [5.74, 6) is 0.108. The number of pyridine rings is 1. The number of sulfonamides is 1. The summed E-state index contributed by atoms with van der Waals surface area (Å²) in [6.07, 6.45) is 4.70. The van der Waals surface area contributed by atoms with Crippen molar-refractivity contribution in [1.82, 2.24) is 14.6 Å². The van der Waals surface area contributed by atoms with Crippen LogP contribution in [-0.2, 0) is 21.4 Å². The Hall–Kier alpha value is -2.45. The first-order valence-corrected chi connectivity index (χ1v) is 10.3. The standard InChI is InChI=1S/C19H23N3O4S/c1-26-17-6-8-18(9-7-17)27(24,25)22-11-3-5-16(14-22)19(23)21-13-15-4-2-10-20-12-15/h2,4,6-10,12,16H,3,5,11,13-14H2,1H3,(H,21,23)/t16-/m0/s1. The molecule has 1 aliphatic rings. The highest BCUT2D eigenvalue weighted by molar-refractivity contribution is 7.89. The third kappa shape index (κ3) is 4.64. The van der Waals surface area contributed by atoms with Crippen molar-refractivity contribution < 1.29 is 17.9 Å². The van der Waals surface area contributed by atoms with Crippen LogP contribution in [-0.4, -0.2) is 43.8 Å². The van der Waals surface area contributed by atoms with Gasteiger partial charge in [-0.3, -0.25) is 9.78 Å². The van der Waals surface area contributed by atoms with Gasteiger partial charge in [0.05, 0.1) is 17.9 Å². The highest BCUT2D eigenvalue weighted by Crippen LogP contribution is 2.25. The predicted octanol–water partition coefficient (Wildman–Crippen LogP) is 1.81. The molecule has 1 saturated heterocycles. The van der Waals surface area contributed by atoms with Crippen molar-refractivity contribution in [3.63, 3.8) is 0 Å². The summed E-state index contributed by atoms with van der Waals surface area (Å²) in [5, 5.41) is 2.88. The Morgan fingerprint density at radius 3 is 2.74 bits per heavy atom. The topological polar surface area (TPSA) is 88.6 Å². The molecule has 7 nitrogen and oxygen atoms in total. The molecular formula is C19H23N3O4S. The fraction of sp³-hybridized carbons (Fsp3) is 0.368. The summed E-state index contributed by atoms with van der Waals surface area (Å²) < 4.78 is 32.2. The van der Waals surface area contributed by atoms with E-state index in [0.29, 0.717) is 31.7 Å². The number of carbonyl (C=O) groups is 1. The predicted molar refractivity (Wildman–Crippen MR) is 101 cm³/mol. The molecule has 0 spiro atoms. The summed E-state index contributed by atoms with van der Waals surface area (Å²) in [5.41, 5.74) is 0.907. The Morgan fingerprint density at radius 2 is 2.07 bits per heavy atom. The quantitative estimate of drug-likeness (QED) is 0.814. The van der Waals surface area contributed by atoms with Gasteiger partial charge in [0.2, 0.25) is 15.9 Å². The second-order valence-corrected chi connectivity index (χ2v) is 8.39. The summed E-state index contributed by atoms with van der Waals surface area (Å²) in [7, 11) is -2.10. The van der Waals surface area contributed by atoms with Crippen LogP contribution in [0, 0.1) is 5.92 Å². The van der Waals surface area contributed by atoms with Crippen LogP contribution in [0.4, 0.5) is 0 Å². The lowest BCUT2D eigenvalue weighted by Crippen LogP contribution is -2.45. The average Bonchev–Trinajstić information content (AvgIpc) is 2.73. The maximum absolute atomic E-state index is 12.9. The van der Waals surface area contributed by atoms with Crippen molar-refractivity contribution in [1.29, 1.82) is 0 Å². The van der Waals surface area contributed by atoms with Gasteiger partial charge in [-0.15, -0.1) is 0 Å². The lowest BCUT2D eigenvalue weighted by molar-refractivity contribution is -0.126. The summed E-state index contributed by atoms with van der Waals surface area (Å²) >= 11 is 0. The van der Waals surface area contributed by atoms with Gasteiger partial charge in [-0.25, -0.2) is 8.42 Å². The van der Waals surface area contributed by atoms with Crippen molar-refractivity contribution in [2.75, 3.05) is 20.2 Å². The Bertz CT molecular complexity index is 870. The number of nitrogens with zero attached hydrogens (tertiary/aromatic N) is 2. The average molecular weight is 389 g/mol. The lowest BCUT2D eigenvalue weighted by Gasteiger charge is -2.31. The minimum atomic E-state index is -3.63. The molecule has 0 aliphatic carbocycles. The van der Waals surface area contributed by atoms with Crippen molar-refractivity contribution in [2.24, 2.45) is 5.92 Å². The molecule has 1 atom stereocenters. The van der Waals surface area contributed by atoms with Crippen LogP contribution >= 0.6 is 0 Å². The van der Waals surface area contributed by atoms with Gasteiger partial charge in [0.1, 0.15) is 5.75 Å². The van der Waals surface area contributed by atoms with Crippen LogP contribution < -0.4 is 10.1 Å². The third-order valence-electron chi connectivity index (χ3n) is 4.64. The molecule has 0 radical (unpaired) electrons. The third-order valence-corrected chi connectivity index (χ3v) is 6.52. The summed E-state index contributed by atoms with van der Waals surface area (Å²) in [6, 6.07) is 9.99. The van der Waals surface area contributed by atoms with E-state index in [4.69, 9.17) is 4.74 Å². The number of hydrogen-bond acceptors (Lipinski definition) is 5. The Labute approximate surface area is 159 Å². The number of benzene rings is 1. The Morgan fingerprint density at radius 1 is 1.30 bits per heavy atom. The van der Waals surface area contributed by atoms with Crippen LogP contribution in [0.3, 0.4) is 0 Å². The minimum Gasteiger partial charge on any atom is -0.497 e. The molecule has 1 aliphatic heterocycles. The molecule has 0 unspecified atom stereocenters. The van der Waals surface area contributed by atoms with Gasteiger partial charge in [-0.2, -0.15) is 4.31 Å². The molecule has 0 bridgehead atoms. The molecule has 144 valence electrons. The number of nitrogens with one attached hydrogen (secondary N) is 1. The molecular weight excluding hydrogens is 366 g/mol. The molecule has 1 amide bonds. The van der Waals surface area contributed by atoms with E-state index in [1.165, 1.54) is 23.5 Å². The van der Waals surface area contributed by atoms with Gasteiger partial charge < -0.3 is 10.1 Å². The maximum Gasteiger partial charge on any atom is 0.243 e. The van der Waals surface area contributed by atoms with Gasteiger partial charge >= 0.3 is 0 Å². The number of hydrogen-bond donors (Lipinski definition) is 1. The zero-order chi connectivity index (χ0) is 19.3. The number of piperidine rings is 1. The number of carbonyl (C=O) groups excluding carboxylic acids is 1. The van der Waals surface area contributed by atoms with Gasteiger partial charge in [0.25, 0.3) is 0 Å². The first kappa shape index (κ1) is 19.3. The molecule has 1 aromatic carbocycles. The SMILES string of the molecule is COc1ccc(S(=O)(=O)N2CCC[C@H](C(=O)NCc3cccnc3)C2)cc1. The molecule has 2 aromatic rings. The second kappa shape index (κ2) is 8.49. The number of rotatable bonds is 6. The minimum absolute atomic E-state index is 0.131.